The Hall–Kier alpha value is -1.45. The molecule has 0 aliphatic carbocycles. The van der Waals surface area contributed by atoms with E-state index in [0.29, 0.717) is 25.9 Å². The normalized spacial score (nSPS) is 20.9. The first-order chi connectivity index (χ1) is 9.49. The standard InChI is InChI=1S/C11H18N4O4S/c16-11(17)10-3-1-7-15(9-10)20(18,19)13-5-8-14-6-2-4-12-14/h2,4,6,10,13H,1,3,5,7-9H2,(H,16,17). The van der Waals surface area contributed by atoms with E-state index < -0.39 is 22.1 Å². The van der Waals surface area contributed by atoms with E-state index in [1.54, 1.807) is 23.1 Å². The molecule has 0 spiro atoms. The molecule has 1 aliphatic rings. The van der Waals surface area contributed by atoms with E-state index in [-0.39, 0.29) is 13.1 Å². The largest absolute Gasteiger partial charge is 0.481 e. The summed E-state index contributed by atoms with van der Waals surface area (Å²) in [4.78, 5) is 10.9. The van der Waals surface area contributed by atoms with Gasteiger partial charge in [-0.2, -0.15) is 17.8 Å². The lowest BCUT2D eigenvalue weighted by molar-refractivity contribution is -0.142. The zero-order chi connectivity index (χ0) is 14.6. The highest BCUT2D eigenvalue weighted by molar-refractivity contribution is 7.87. The molecule has 2 heterocycles. The van der Waals surface area contributed by atoms with E-state index in [4.69, 9.17) is 5.11 Å². The highest BCUT2D eigenvalue weighted by Gasteiger charge is 2.31. The SMILES string of the molecule is O=C(O)C1CCCN(S(=O)(=O)NCCn2cccn2)C1. The van der Waals surface area contributed by atoms with Crippen LogP contribution >= 0.6 is 0 Å². The first-order valence-corrected chi connectivity index (χ1v) is 7.88. The summed E-state index contributed by atoms with van der Waals surface area (Å²) in [5.41, 5.74) is 0. The van der Waals surface area contributed by atoms with Crippen LogP contribution in [0.4, 0.5) is 0 Å². The molecule has 2 rings (SSSR count). The maximum absolute atomic E-state index is 12.1. The number of piperidine rings is 1. The van der Waals surface area contributed by atoms with Crippen LogP contribution in [-0.2, 0) is 21.5 Å². The maximum Gasteiger partial charge on any atom is 0.307 e. The molecule has 0 saturated carbocycles. The van der Waals surface area contributed by atoms with Crippen molar-refractivity contribution < 1.29 is 18.3 Å². The Bertz CT molecular complexity index is 543. The molecular formula is C11H18N4O4S. The third-order valence-electron chi connectivity index (χ3n) is 3.26. The van der Waals surface area contributed by atoms with Crippen molar-refractivity contribution in [3.05, 3.63) is 18.5 Å². The smallest absolute Gasteiger partial charge is 0.307 e. The van der Waals surface area contributed by atoms with E-state index >= 15 is 0 Å². The number of aromatic nitrogens is 2. The van der Waals surface area contributed by atoms with Crippen LogP contribution in [0, 0.1) is 5.92 Å². The van der Waals surface area contributed by atoms with E-state index in [2.05, 4.69) is 9.82 Å². The van der Waals surface area contributed by atoms with Crippen molar-refractivity contribution in [3.8, 4) is 0 Å². The lowest BCUT2D eigenvalue weighted by Gasteiger charge is -2.29. The van der Waals surface area contributed by atoms with Gasteiger partial charge in [0.2, 0.25) is 0 Å². The van der Waals surface area contributed by atoms with Crippen LogP contribution in [0.15, 0.2) is 18.5 Å². The Labute approximate surface area is 117 Å². The molecule has 0 aromatic carbocycles. The third-order valence-corrected chi connectivity index (χ3v) is 4.84. The van der Waals surface area contributed by atoms with E-state index in [9.17, 15) is 13.2 Å². The molecule has 2 N–H and O–H groups in total. The fourth-order valence-corrected chi connectivity index (χ4v) is 3.45. The quantitative estimate of drug-likeness (QED) is 0.738. The van der Waals surface area contributed by atoms with Gasteiger partial charge in [-0.15, -0.1) is 0 Å². The first kappa shape index (κ1) is 14.9. The van der Waals surface area contributed by atoms with Crippen LogP contribution in [0.5, 0.6) is 0 Å². The zero-order valence-corrected chi connectivity index (χ0v) is 11.8. The van der Waals surface area contributed by atoms with Gasteiger partial charge in [0, 0.05) is 32.0 Å². The minimum atomic E-state index is -3.62. The predicted molar refractivity (Wildman–Crippen MR) is 71.1 cm³/mol. The highest BCUT2D eigenvalue weighted by Crippen LogP contribution is 2.18. The fourth-order valence-electron chi connectivity index (χ4n) is 2.18. The second kappa shape index (κ2) is 6.33. The molecule has 1 atom stereocenters. The van der Waals surface area contributed by atoms with Crippen molar-refractivity contribution >= 4 is 16.2 Å². The number of nitrogens with zero attached hydrogens (tertiary/aromatic N) is 3. The second-order valence-electron chi connectivity index (χ2n) is 4.70. The average Bonchev–Trinajstić information content (AvgIpc) is 2.92. The van der Waals surface area contributed by atoms with Crippen LogP contribution in [0.3, 0.4) is 0 Å². The van der Waals surface area contributed by atoms with Crippen molar-refractivity contribution in [2.45, 2.75) is 19.4 Å². The second-order valence-corrected chi connectivity index (χ2v) is 6.46. The van der Waals surface area contributed by atoms with Gasteiger partial charge in [-0.05, 0) is 18.9 Å². The molecule has 1 saturated heterocycles. The molecule has 9 heteroatoms. The Morgan fingerprint density at radius 2 is 2.30 bits per heavy atom. The van der Waals surface area contributed by atoms with Gasteiger partial charge < -0.3 is 5.11 Å². The number of hydrogen-bond acceptors (Lipinski definition) is 4. The van der Waals surface area contributed by atoms with Crippen LogP contribution in [0.25, 0.3) is 0 Å². The maximum atomic E-state index is 12.1. The van der Waals surface area contributed by atoms with Gasteiger partial charge in [0.15, 0.2) is 0 Å². The number of nitrogens with one attached hydrogen (secondary N) is 1. The Morgan fingerprint density at radius 1 is 1.50 bits per heavy atom. The lowest BCUT2D eigenvalue weighted by Crippen LogP contribution is -2.48. The Balaban J connectivity index is 1.87. The van der Waals surface area contributed by atoms with Gasteiger partial charge in [-0.3, -0.25) is 9.48 Å². The summed E-state index contributed by atoms with van der Waals surface area (Å²) < 4.78 is 29.5. The molecule has 1 aliphatic heterocycles. The summed E-state index contributed by atoms with van der Waals surface area (Å²) in [6, 6.07) is 1.76. The third kappa shape index (κ3) is 3.78. The number of hydrogen-bond donors (Lipinski definition) is 2. The van der Waals surface area contributed by atoms with Crippen molar-refractivity contribution in [2.24, 2.45) is 5.92 Å². The van der Waals surface area contributed by atoms with Crippen molar-refractivity contribution in [1.29, 1.82) is 0 Å². The molecule has 0 bridgehead atoms. The van der Waals surface area contributed by atoms with Gasteiger partial charge in [0.05, 0.1) is 12.5 Å². The molecule has 0 amide bonds. The highest BCUT2D eigenvalue weighted by atomic mass is 32.2. The molecule has 0 radical (unpaired) electrons. The van der Waals surface area contributed by atoms with Crippen LogP contribution < -0.4 is 4.72 Å². The molecule has 8 nitrogen and oxygen atoms in total. The minimum absolute atomic E-state index is 0.0342. The molecule has 1 unspecified atom stereocenters. The van der Waals surface area contributed by atoms with E-state index in [1.807, 2.05) is 0 Å². The average molecular weight is 302 g/mol. The van der Waals surface area contributed by atoms with Crippen LogP contribution in [-0.4, -0.2) is 53.2 Å². The molecule has 20 heavy (non-hydrogen) atoms. The topological polar surface area (TPSA) is 105 Å². The van der Waals surface area contributed by atoms with Gasteiger partial charge in [-0.1, -0.05) is 0 Å². The summed E-state index contributed by atoms with van der Waals surface area (Å²) in [5.74, 6) is -1.56. The number of carboxylic acid groups (broad SMARTS) is 1. The summed E-state index contributed by atoms with van der Waals surface area (Å²) in [5, 5.41) is 12.9. The Kier molecular flexibility index (Phi) is 4.73. The van der Waals surface area contributed by atoms with Crippen molar-refractivity contribution in [1.82, 2.24) is 18.8 Å². The number of aliphatic carboxylic acids is 1. The van der Waals surface area contributed by atoms with Gasteiger partial charge in [-0.25, -0.2) is 4.72 Å². The van der Waals surface area contributed by atoms with E-state index in [0.717, 1.165) is 0 Å². The number of carbonyl (C=O) groups is 1. The predicted octanol–water partition coefficient (Wildman–Crippen LogP) is -0.486. The number of rotatable bonds is 6. The first-order valence-electron chi connectivity index (χ1n) is 6.44. The van der Waals surface area contributed by atoms with Crippen molar-refractivity contribution in [2.75, 3.05) is 19.6 Å². The summed E-state index contributed by atoms with van der Waals surface area (Å²) in [6.07, 6.45) is 4.46. The minimum Gasteiger partial charge on any atom is -0.481 e. The molecule has 112 valence electrons. The van der Waals surface area contributed by atoms with Crippen LogP contribution in [0.2, 0.25) is 0 Å². The molecule has 1 fully saturated rings. The van der Waals surface area contributed by atoms with Gasteiger partial charge >= 0.3 is 5.97 Å². The van der Waals surface area contributed by atoms with Gasteiger partial charge in [0.25, 0.3) is 10.2 Å². The van der Waals surface area contributed by atoms with Gasteiger partial charge in [0.1, 0.15) is 0 Å². The summed E-state index contributed by atoms with van der Waals surface area (Å²) in [6.45, 7) is 1.05. The monoisotopic (exact) mass is 302 g/mol. The van der Waals surface area contributed by atoms with E-state index in [1.165, 1.54) is 4.31 Å². The summed E-state index contributed by atoms with van der Waals surface area (Å²) in [7, 11) is -3.62. The molecule has 1 aromatic rings. The zero-order valence-electron chi connectivity index (χ0n) is 11.0. The Morgan fingerprint density at radius 3 is 2.95 bits per heavy atom. The fraction of sp³-hybridized carbons (Fsp3) is 0.636. The molecule has 1 aromatic heterocycles. The number of carboxylic acids is 1. The summed E-state index contributed by atoms with van der Waals surface area (Å²) >= 11 is 0. The van der Waals surface area contributed by atoms with Crippen molar-refractivity contribution in [3.63, 3.8) is 0 Å². The van der Waals surface area contributed by atoms with Crippen LogP contribution in [0.1, 0.15) is 12.8 Å². The molecular weight excluding hydrogens is 284 g/mol. The lowest BCUT2D eigenvalue weighted by atomic mass is 10.0.